The number of carbonyl (C=O) groups excluding carboxylic acids is 2. The summed E-state index contributed by atoms with van der Waals surface area (Å²) in [6.45, 7) is 4.48. The lowest BCUT2D eigenvalue weighted by Gasteiger charge is -2.25. The van der Waals surface area contributed by atoms with Crippen LogP contribution in [0.15, 0.2) is 11.3 Å². The van der Waals surface area contributed by atoms with E-state index in [1.165, 1.54) is 4.90 Å². The summed E-state index contributed by atoms with van der Waals surface area (Å²) in [5, 5.41) is 2.99. The molecule has 0 bridgehead atoms. The molecule has 0 fully saturated rings. The number of nitrogens with zero attached hydrogens (tertiary/aromatic N) is 1. The Kier molecular flexibility index (Phi) is 4.49. The van der Waals surface area contributed by atoms with Gasteiger partial charge < -0.3 is 10.1 Å². The fraction of sp³-hybridized carbons (Fsp3) is 0.636. The fourth-order valence-corrected chi connectivity index (χ4v) is 1.61. The minimum atomic E-state index is -0.269. The normalized spacial score (nSPS) is 16.2. The van der Waals surface area contributed by atoms with E-state index in [2.05, 4.69) is 5.32 Å². The molecule has 90 valence electrons. The first-order valence-electron chi connectivity index (χ1n) is 5.37. The maximum absolute atomic E-state index is 12.1. The van der Waals surface area contributed by atoms with Gasteiger partial charge in [-0.1, -0.05) is 0 Å². The summed E-state index contributed by atoms with van der Waals surface area (Å²) in [5.74, 6) is -0.269. The first-order chi connectivity index (χ1) is 7.61. The van der Waals surface area contributed by atoms with Gasteiger partial charge in [0.25, 0.3) is 5.91 Å². The summed E-state index contributed by atoms with van der Waals surface area (Å²) >= 11 is 0. The second kappa shape index (κ2) is 5.65. The van der Waals surface area contributed by atoms with Gasteiger partial charge in [-0.15, -0.1) is 0 Å². The molecular formula is C11H18N2O3. The highest BCUT2D eigenvalue weighted by Gasteiger charge is 2.25. The molecule has 1 rings (SSSR count). The van der Waals surface area contributed by atoms with Crippen molar-refractivity contribution in [1.29, 1.82) is 0 Å². The van der Waals surface area contributed by atoms with E-state index in [1.54, 1.807) is 20.9 Å². The maximum atomic E-state index is 12.1. The lowest BCUT2D eigenvalue weighted by Crippen LogP contribution is -2.39. The lowest BCUT2D eigenvalue weighted by atomic mass is 10.1. The quantitative estimate of drug-likeness (QED) is 0.699. The van der Waals surface area contributed by atoms with Crippen LogP contribution in [0.2, 0.25) is 0 Å². The number of rotatable bonds is 4. The Hall–Kier alpha value is -1.36. The van der Waals surface area contributed by atoms with Crippen LogP contribution in [0.4, 0.5) is 0 Å². The van der Waals surface area contributed by atoms with Crippen LogP contribution in [0.3, 0.4) is 0 Å². The molecule has 0 aliphatic carbocycles. The second-order valence-corrected chi connectivity index (χ2v) is 3.92. The summed E-state index contributed by atoms with van der Waals surface area (Å²) in [7, 11) is 1.77. The predicted octanol–water partition coefficient (Wildman–Crippen LogP) is 0.274. The SMILES string of the molecule is CNC1=C(C(=O)N(C=O)C(C)C)COCC1. The molecule has 1 aliphatic rings. The second-order valence-electron chi connectivity index (χ2n) is 3.92. The fourth-order valence-electron chi connectivity index (χ4n) is 1.61. The third-order valence-electron chi connectivity index (χ3n) is 2.57. The van der Waals surface area contributed by atoms with Crippen molar-refractivity contribution in [2.75, 3.05) is 20.3 Å². The number of nitrogens with one attached hydrogen (secondary N) is 1. The van der Waals surface area contributed by atoms with E-state index in [1.807, 2.05) is 0 Å². The zero-order valence-electron chi connectivity index (χ0n) is 9.95. The monoisotopic (exact) mass is 226 g/mol. The van der Waals surface area contributed by atoms with E-state index in [0.29, 0.717) is 25.0 Å². The molecule has 0 saturated carbocycles. The van der Waals surface area contributed by atoms with E-state index >= 15 is 0 Å². The summed E-state index contributed by atoms with van der Waals surface area (Å²) in [6.07, 6.45) is 1.25. The zero-order valence-corrected chi connectivity index (χ0v) is 9.95. The number of hydrogen-bond acceptors (Lipinski definition) is 4. The molecule has 5 nitrogen and oxygen atoms in total. The Labute approximate surface area is 95.4 Å². The van der Waals surface area contributed by atoms with Crippen LogP contribution in [0, 0.1) is 0 Å². The van der Waals surface area contributed by atoms with Crippen molar-refractivity contribution in [1.82, 2.24) is 10.2 Å². The van der Waals surface area contributed by atoms with Crippen molar-refractivity contribution in [2.45, 2.75) is 26.3 Å². The van der Waals surface area contributed by atoms with Crippen LogP contribution >= 0.6 is 0 Å². The van der Waals surface area contributed by atoms with Crippen LogP contribution in [0.25, 0.3) is 0 Å². The Bertz CT molecular complexity index is 310. The summed E-state index contributed by atoms with van der Waals surface area (Å²) in [5.41, 5.74) is 1.42. The molecule has 5 heteroatoms. The Morgan fingerprint density at radius 3 is 2.75 bits per heavy atom. The summed E-state index contributed by atoms with van der Waals surface area (Å²) in [6, 6.07) is -0.141. The van der Waals surface area contributed by atoms with Gasteiger partial charge in [-0.25, -0.2) is 0 Å². The minimum absolute atomic E-state index is 0.141. The Balaban J connectivity index is 2.93. The van der Waals surface area contributed by atoms with Gasteiger partial charge in [-0.05, 0) is 13.8 Å². The van der Waals surface area contributed by atoms with E-state index in [9.17, 15) is 9.59 Å². The highest BCUT2D eigenvalue weighted by Crippen LogP contribution is 2.16. The standard InChI is InChI=1S/C11H18N2O3/c1-8(2)13(7-14)11(15)9-6-16-5-4-10(9)12-3/h7-8,12H,4-6H2,1-3H3. The third-order valence-corrected chi connectivity index (χ3v) is 2.57. The Morgan fingerprint density at radius 2 is 2.25 bits per heavy atom. The molecule has 0 aromatic heterocycles. The molecule has 1 aliphatic heterocycles. The number of amides is 2. The van der Waals surface area contributed by atoms with E-state index in [4.69, 9.17) is 4.74 Å². The van der Waals surface area contributed by atoms with Gasteiger partial charge in [-0.3, -0.25) is 14.5 Å². The highest BCUT2D eigenvalue weighted by molar-refractivity contribution is 6.00. The first kappa shape index (κ1) is 12.7. The van der Waals surface area contributed by atoms with Crippen molar-refractivity contribution < 1.29 is 14.3 Å². The predicted molar refractivity (Wildman–Crippen MR) is 59.6 cm³/mol. The van der Waals surface area contributed by atoms with Gasteiger partial charge in [0.1, 0.15) is 0 Å². The smallest absolute Gasteiger partial charge is 0.260 e. The number of imide groups is 1. The van der Waals surface area contributed by atoms with Crippen molar-refractivity contribution in [2.24, 2.45) is 0 Å². The molecule has 16 heavy (non-hydrogen) atoms. The lowest BCUT2D eigenvalue weighted by molar-refractivity contribution is -0.137. The largest absolute Gasteiger partial charge is 0.391 e. The molecule has 0 aromatic rings. The topological polar surface area (TPSA) is 58.6 Å². The van der Waals surface area contributed by atoms with Crippen LogP contribution in [-0.2, 0) is 14.3 Å². The van der Waals surface area contributed by atoms with E-state index in [0.717, 1.165) is 5.70 Å². The van der Waals surface area contributed by atoms with Crippen LogP contribution < -0.4 is 5.32 Å². The molecule has 2 amide bonds. The number of hydrogen-bond donors (Lipinski definition) is 1. The maximum Gasteiger partial charge on any atom is 0.260 e. The van der Waals surface area contributed by atoms with Crippen LogP contribution in [0.5, 0.6) is 0 Å². The van der Waals surface area contributed by atoms with Gasteiger partial charge in [0.2, 0.25) is 6.41 Å². The van der Waals surface area contributed by atoms with Crippen molar-refractivity contribution in [3.8, 4) is 0 Å². The number of carbonyl (C=O) groups is 2. The summed E-state index contributed by atoms with van der Waals surface area (Å²) in [4.78, 5) is 24.1. The highest BCUT2D eigenvalue weighted by atomic mass is 16.5. The average molecular weight is 226 g/mol. The summed E-state index contributed by atoms with van der Waals surface area (Å²) < 4.78 is 5.25. The van der Waals surface area contributed by atoms with Gasteiger partial charge in [0.05, 0.1) is 18.8 Å². The zero-order chi connectivity index (χ0) is 12.1. The van der Waals surface area contributed by atoms with E-state index in [-0.39, 0.29) is 18.6 Å². The first-order valence-corrected chi connectivity index (χ1v) is 5.37. The van der Waals surface area contributed by atoms with Crippen LogP contribution in [-0.4, -0.2) is 43.5 Å². The van der Waals surface area contributed by atoms with Crippen molar-refractivity contribution in [3.63, 3.8) is 0 Å². The van der Waals surface area contributed by atoms with Crippen molar-refractivity contribution in [3.05, 3.63) is 11.3 Å². The van der Waals surface area contributed by atoms with Gasteiger partial charge in [0.15, 0.2) is 0 Å². The molecule has 1 N–H and O–H groups in total. The van der Waals surface area contributed by atoms with Gasteiger partial charge >= 0.3 is 0 Å². The molecule has 0 unspecified atom stereocenters. The van der Waals surface area contributed by atoms with Crippen LogP contribution in [0.1, 0.15) is 20.3 Å². The van der Waals surface area contributed by atoms with Gasteiger partial charge in [0, 0.05) is 25.2 Å². The molecule has 0 spiro atoms. The molecule has 1 heterocycles. The average Bonchev–Trinajstić information content (AvgIpc) is 2.29. The molecule has 0 atom stereocenters. The molecule has 0 saturated heterocycles. The molecular weight excluding hydrogens is 208 g/mol. The van der Waals surface area contributed by atoms with Crippen molar-refractivity contribution >= 4 is 12.3 Å². The number of ether oxygens (including phenoxy) is 1. The minimum Gasteiger partial charge on any atom is -0.391 e. The molecule has 0 aromatic carbocycles. The Morgan fingerprint density at radius 1 is 1.56 bits per heavy atom. The van der Waals surface area contributed by atoms with Gasteiger partial charge in [-0.2, -0.15) is 0 Å². The molecule has 0 radical (unpaired) electrons. The van der Waals surface area contributed by atoms with E-state index < -0.39 is 0 Å². The third kappa shape index (κ3) is 2.61.